The van der Waals surface area contributed by atoms with Crippen LogP contribution in [0.25, 0.3) is 0 Å². The molecular formula is C13H16N2O4S2. The van der Waals surface area contributed by atoms with Gasteiger partial charge >= 0.3 is 0 Å². The predicted molar refractivity (Wildman–Crippen MR) is 83.3 cm³/mol. The molecule has 0 spiro atoms. The Morgan fingerprint density at radius 3 is 2.81 bits per heavy atom. The Morgan fingerprint density at radius 2 is 2.19 bits per heavy atom. The zero-order chi connectivity index (χ0) is 15.5. The summed E-state index contributed by atoms with van der Waals surface area (Å²) >= 11 is 5.03. The van der Waals surface area contributed by atoms with Gasteiger partial charge in [-0.15, -0.1) is 0 Å². The third kappa shape index (κ3) is 4.40. The summed E-state index contributed by atoms with van der Waals surface area (Å²) in [6.07, 6.45) is 0.498. The van der Waals surface area contributed by atoms with E-state index in [-0.39, 0.29) is 28.6 Å². The summed E-state index contributed by atoms with van der Waals surface area (Å²) in [5, 5.41) is 5.52. The number of ether oxygens (including phenoxy) is 1. The van der Waals surface area contributed by atoms with Gasteiger partial charge in [-0.2, -0.15) is 0 Å². The molecule has 1 aliphatic heterocycles. The van der Waals surface area contributed by atoms with Crippen LogP contribution in [0.1, 0.15) is 16.8 Å². The fourth-order valence-electron chi connectivity index (χ4n) is 2.07. The number of amides is 1. The van der Waals surface area contributed by atoms with Gasteiger partial charge in [-0.3, -0.25) is 10.1 Å². The molecule has 0 radical (unpaired) electrons. The van der Waals surface area contributed by atoms with Crippen molar-refractivity contribution < 1.29 is 17.9 Å². The summed E-state index contributed by atoms with van der Waals surface area (Å²) in [5.74, 6) is 0.398. The van der Waals surface area contributed by atoms with Crippen molar-refractivity contribution in [1.82, 2.24) is 10.6 Å². The maximum atomic E-state index is 12.0. The van der Waals surface area contributed by atoms with Gasteiger partial charge in [0.15, 0.2) is 14.9 Å². The lowest BCUT2D eigenvalue weighted by atomic mass is 10.2. The first-order valence-electron chi connectivity index (χ1n) is 6.36. The van der Waals surface area contributed by atoms with Crippen LogP contribution in [0, 0.1) is 0 Å². The zero-order valence-electron chi connectivity index (χ0n) is 11.5. The van der Waals surface area contributed by atoms with Gasteiger partial charge in [-0.25, -0.2) is 8.42 Å². The molecule has 21 heavy (non-hydrogen) atoms. The summed E-state index contributed by atoms with van der Waals surface area (Å²) in [6, 6.07) is 6.43. The third-order valence-electron chi connectivity index (χ3n) is 3.13. The monoisotopic (exact) mass is 328 g/mol. The molecule has 6 nitrogen and oxygen atoms in total. The van der Waals surface area contributed by atoms with Crippen LogP contribution in [0.15, 0.2) is 24.3 Å². The minimum atomic E-state index is -2.98. The van der Waals surface area contributed by atoms with E-state index in [4.69, 9.17) is 17.0 Å². The molecule has 1 heterocycles. The Labute approximate surface area is 128 Å². The molecule has 1 amide bonds. The van der Waals surface area contributed by atoms with E-state index in [1.54, 1.807) is 24.3 Å². The maximum Gasteiger partial charge on any atom is 0.257 e. The predicted octanol–water partition coefficient (Wildman–Crippen LogP) is 0.487. The number of methoxy groups -OCH3 is 1. The van der Waals surface area contributed by atoms with Gasteiger partial charge in [-0.1, -0.05) is 6.07 Å². The van der Waals surface area contributed by atoms with Crippen molar-refractivity contribution in [3.05, 3.63) is 29.8 Å². The van der Waals surface area contributed by atoms with E-state index in [2.05, 4.69) is 10.6 Å². The van der Waals surface area contributed by atoms with Crippen molar-refractivity contribution in [2.45, 2.75) is 12.5 Å². The van der Waals surface area contributed by atoms with E-state index in [0.717, 1.165) is 0 Å². The zero-order valence-corrected chi connectivity index (χ0v) is 13.1. The normalized spacial score (nSPS) is 19.8. The number of carbonyl (C=O) groups excluding carboxylic acids is 1. The number of rotatable bonds is 3. The fourth-order valence-corrected chi connectivity index (χ4v) is 4.00. The van der Waals surface area contributed by atoms with Gasteiger partial charge < -0.3 is 10.1 Å². The molecule has 0 saturated carbocycles. The SMILES string of the molecule is COc1cccc(C(=O)NC(=S)NC2CCS(=O)(=O)C2)c1. The van der Waals surface area contributed by atoms with Crippen molar-refractivity contribution in [1.29, 1.82) is 0 Å². The maximum absolute atomic E-state index is 12.0. The molecule has 1 saturated heterocycles. The van der Waals surface area contributed by atoms with E-state index < -0.39 is 9.84 Å². The largest absolute Gasteiger partial charge is 0.497 e. The van der Waals surface area contributed by atoms with Crippen LogP contribution in [0.5, 0.6) is 5.75 Å². The molecule has 1 atom stereocenters. The lowest BCUT2D eigenvalue weighted by Gasteiger charge is -2.14. The third-order valence-corrected chi connectivity index (χ3v) is 5.11. The van der Waals surface area contributed by atoms with E-state index in [9.17, 15) is 13.2 Å². The second-order valence-corrected chi connectivity index (χ2v) is 7.40. The minimum Gasteiger partial charge on any atom is -0.497 e. The average molecular weight is 328 g/mol. The van der Waals surface area contributed by atoms with Crippen LogP contribution >= 0.6 is 12.2 Å². The molecule has 1 fully saturated rings. The lowest BCUT2D eigenvalue weighted by Crippen LogP contribution is -2.44. The molecule has 114 valence electrons. The van der Waals surface area contributed by atoms with Gasteiger partial charge in [0.05, 0.1) is 18.6 Å². The summed E-state index contributed by atoms with van der Waals surface area (Å²) in [5.41, 5.74) is 0.414. The Balaban J connectivity index is 1.91. The van der Waals surface area contributed by atoms with Crippen LogP contribution in [0.2, 0.25) is 0 Å². The highest BCUT2D eigenvalue weighted by Gasteiger charge is 2.28. The molecule has 0 bridgehead atoms. The smallest absolute Gasteiger partial charge is 0.257 e. The Morgan fingerprint density at radius 1 is 1.43 bits per heavy atom. The number of sulfone groups is 1. The number of thiocarbonyl (C=S) groups is 1. The van der Waals surface area contributed by atoms with E-state index in [1.165, 1.54) is 7.11 Å². The highest BCUT2D eigenvalue weighted by molar-refractivity contribution is 7.91. The summed E-state index contributed by atoms with van der Waals surface area (Å²) < 4.78 is 27.7. The molecule has 1 aliphatic rings. The first-order chi connectivity index (χ1) is 9.89. The van der Waals surface area contributed by atoms with Gasteiger partial charge in [0.1, 0.15) is 5.75 Å². The van der Waals surface area contributed by atoms with Gasteiger partial charge in [0.2, 0.25) is 0 Å². The summed E-state index contributed by atoms with van der Waals surface area (Å²) in [6.45, 7) is 0. The van der Waals surface area contributed by atoms with Crippen molar-refractivity contribution in [2.75, 3.05) is 18.6 Å². The number of hydrogen-bond donors (Lipinski definition) is 2. The van der Waals surface area contributed by atoms with Crippen molar-refractivity contribution in [3.8, 4) is 5.75 Å². The number of benzene rings is 1. The number of carbonyl (C=O) groups is 1. The molecule has 8 heteroatoms. The van der Waals surface area contributed by atoms with Gasteiger partial charge in [0.25, 0.3) is 5.91 Å². The standard InChI is InChI=1S/C13H16N2O4S2/c1-19-11-4-2-3-9(7-11)12(16)15-13(20)14-10-5-6-21(17,18)8-10/h2-4,7,10H,5-6,8H2,1H3,(H2,14,15,16,20). The van der Waals surface area contributed by atoms with Crippen LogP contribution < -0.4 is 15.4 Å². The van der Waals surface area contributed by atoms with Gasteiger partial charge in [0, 0.05) is 11.6 Å². The van der Waals surface area contributed by atoms with Crippen LogP contribution in [-0.2, 0) is 9.84 Å². The molecule has 2 rings (SSSR count). The second-order valence-electron chi connectivity index (χ2n) is 4.76. The highest BCUT2D eigenvalue weighted by atomic mass is 32.2. The summed E-state index contributed by atoms with van der Waals surface area (Å²) in [7, 11) is -1.46. The average Bonchev–Trinajstić information content (AvgIpc) is 2.77. The Hall–Kier alpha value is -1.67. The quantitative estimate of drug-likeness (QED) is 0.786. The van der Waals surface area contributed by atoms with Crippen LogP contribution in [0.3, 0.4) is 0 Å². The van der Waals surface area contributed by atoms with Crippen molar-refractivity contribution in [2.24, 2.45) is 0 Å². The van der Waals surface area contributed by atoms with Crippen molar-refractivity contribution >= 4 is 33.1 Å². The highest BCUT2D eigenvalue weighted by Crippen LogP contribution is 2.13. The number of hydrogen-bond acceptors (Lipinski definition) is 5. The van der Waals surface area contributed by atoms with E-state index in [0.29, 0.717) is 17.7 Å². The first kappa shape index (κ1) is 15.7. The Bertz CT molecular complexity index is 658. The fraction of sp³-hybridized carbons (Fsp3) is 0.385. The summed E-state index contributed by atoms with van der Waals surface area (Å²) in [4.78, 5) is 12.0. The molecule has 2 N–H and O–H groups in total. The number of nitrogens with one attached hydrogen (secondary N) is 2. The second kappa shape index (κ2) is 6.40. The minimum absolute atomic E-state index is 0.0438. The van der Waals surface area contributed by atoms with Gasteiger partial charge in [-0.05, 0) is 36.8 Å². The first-order valence-corrected chi connectivity index (χ1v) is 8.59. The van der Waals surface area contributed by atoms with Crippen molar-refractivity contribution in [3.63, 3.8) is 0 Å². The molecule has 1 unspecified atom stereocenters. The molecule has 1 aromatic rings. The Kier molecular flexibility index (Phi) is 4.79. The molecular weight excluding hydrogens is 312 g/mol. The molecule has 0 aliphatic carbocycles. The van der Waals surface area contributed by atoms with E-state index in [1.807, 2.05) is 0 Å². The van der Waals surface area contributed by atoms with E-state index >= 15 is 0 Å². The van der Waals surface area contributed by atoms with Crippen LogP contribution in [0.4, 0.5) is 0 Å². The van der Waals surface area contributed by atoms with Crippen LogP contribution in [-0.4, -0.2) is 44.1 Å². The molecule has 1 aromatic carbocycles. The topological polar surface area (TPSA) is 84.5 Å². The lowest BCUT2D eigenvalue weighted by molar-refractivity contribution is 0.0976. The molecule has 0 aromatic heterocycles.